The fourth-order valence-corrected chi connectivity index (χ4v) is 1.73. The highest BCUT2D eigenvalue weighted by molar-refractivity contribution is 5.25. The number of likely N-dealkylation sites (N-methyl/N-ethyl adjacent to an activating group) is 1. The molecule has 1 aromatic rings. The molecule has 98 valence electrons. The van der Waals surface area contributed by atoms with Crippen LogP contribution >= 0.6 is 0 Å². The Morgan fingerprint density at radius 3 is 2.47 bits per heavy atom. The molecule has 0 aliphatic heterocycles. The summed E-state index contributed by atoms with van der Waals surface area (Å²) in [5.74, 6) is 0. The van der Waals surface area contributed by atoms with Gasteiger partial charge in [0.2, 0.25) is 0 Å². The van der Waals surface area contributed by atoms with Gasteiger partial charge >= 0.3 is 6.18 Å². The molecule has 17 heavy (non-hydrogen) atoms. The zero-order valence-corrected chi connectivity index (χ0v) is 10.6. The van der Waals surface area contributed by atoms with Crippen LogP contribution < -0.4 is 17.7 Å². The Morgan fingerprint density at radius 1 is 1.29 bits per heavy atom. The number of halogens is 4. The summed E-state index contributed by atoms with van der Waals surface area (Å²) in [7, 11) is 0. The molecule has 5 heteroatoms. The minimum atomic E-state index is -4.24. The summed E-state index contributed by atoms with van der Waals surface area (Å²) in [6.45, 7) is 4.99. The van der Waals surface area contributed by atoms with Gasteiger partial charge in [0.1, 0.15) is 0 Å². The molecule has 0 fully saturated rings. The maximum absolute atomic E-state index is 12.4. The molecule has 2 N–H and O–H groups in total. The van der Waals surface area contributed by atoms with E-state index in [1.54, 1.807) is 6.07 Å². The predicted octanol–water partition coefficient (Wildman–Crippen LogP) is -0.776. The van der Waals surface area contributed by atoms with E-state index in [4.69, 9.17) is 0 Å². The van der Waals surface area contributed by atoms with E-state index in [2.05, 4.69) is 5.32 Å². The summed E-state index contributed by atoms with van der Waals surface area (Å²) in [5.41, 5.74) is 0.181. The summed E-state index contributed by atoms with van der Waals surface area (Å²) in [4.78, 5) is 0. The minimum Gasteiger partial charge on any atom is -1.00 e. The number of quaternary nitrogens is 1. The van der Waals surface area contributed by atoms with Crippen LogP contribution in [-0.2, 0) is 12.6 Å². The molecular weight excluding hydrogens is 251 g/mol. The first-order chi connectivity index (χ1) is 7.43. The number of hydrogen-bond donors (Lipinski definition) is 1. The van der Waals surface area contributed by atoms with Crippen LogP contribution in [0.3, 0.4) is 0 Å². The standard InChI is InChI=1S/C12H16F3N.ClH/c1-3-16-9(2)7-10-5-4-6-11(8-10)12(13,14)15;/h4-6,8-9,16H,3,7H2,1-2H3;1H/t9-;/m1./s1. The van der Waals surface area contributed by atoms with Gasteiger partial charge in [-0.25, -0.2) is 0 Å². The third-order valence-electron chi connectivity index (χ3n) is 2.45. The first kappa shape index (κ1) is 16.3. The average Bonchev–Trinajstić information content (AvgIpc) is 2.17. The SMILES string of the molecule is CC[NH2+][C@H](C)Cc1cccc(C(F)(F)F)c1.[Cl-]. The smallest absolute Gasteiger partial charge is 0.416 e. The summed E-state index contributed by atoms with van der Waals surface area (Å²) in [5, 5.41) is 2.11. The Morgan fingerprint density at radius 2 is 1.94 bits per heavy atom. The monoisotopic (exact) mass is 267 g/mol. The van der Waals surface area contributed by atoms with E-state index in [0.717, 1.165) is 18.2 Å². The van der Waals surface area contributed by atoms with Crippen LogP contribution in [0.1, 0.15) is 25.0 Å². The van der Waals surface area contributed by atoms with Crippen molar-refractivity contribution in [2.45, 2.75) is 32.5 Å². The van der Waals surface area contributed by atoms with Gasteiger partial charge in [-0.3, -0.25) is 0 Å². The van der Waals surface area contributed by atoms with Crippen LogP contribution in [0, 0.1) is 0 Å². The first-order valence-electron chi connectivity index (χ1n) is 5.43. The Labute approximate surface area is 106 Å². The van der Waals surface area contributed by atoms with Crippen molar-refractivity contribution in [1.82, 2.24) is 0 Å². The van der Waals surface area contributed by atoms with Gasteiger partial charge in [0.05, 0.1) is 18.2 Å². The van der Waals surface area contributed by atoms with E-state index >= 15 is 0 Å². The highest BCUT2D eigenvalue weighted by Crippen LogP contribution is 2.29. The van der Waals surface area contributed by atoms with Crippen LogP contribution in [0.15, 0.2) is 24.3 Å². The fourth-order valence-electron chi connectivity index (χ4n) is 1.73. The third-order valence-corrected chi connectivity index (χ3v) is 2.45. The maximum Gasteiger partial charge on any atom is 0.416 e. The third kappa shape index (κ3) is 5.41. The maximum atomic E-state index is 12.4. The van der Waals surface area contributed by atoms with Crippen molar-refractivity contribution in [3.63, 3.8) is 0 Å². The highest BCUT2D eigenvalue weighted by atomic mass is 35.5. The molecule has 0 heterocycles. The number of nitrogens with two attached hydrogens (primary N) is 1. The number of benzene rings is 1. The fraction of sp³-hybridized carbons (Fsp3) is 0.500. The molecule has 1 nitrogen and oxygen atoms in total. The average molecular weight is 268 g/mol. The van der Waals surface area contributed by atoms with Crippen LogP contribution in [0.2, 0.25) is 0 Å². The lowest BCUT2D eigenvalue weighted by Crippen LogP contribution is -3.00. The Balaban J connectivity index is 0.00000256. The van der Waals surface area contributed by atoms with Crippen molar-refractivity contribution >= 4 is 0 Å². The molecular formula is C12H17ClF3N. The summed E-state index contributed by atoms with van der Waals surface area (Å²) < 4.78 is 37.3. The number of alkyl halides is 3. The Bertz CT molecular complexity index is 339. The zero-order valence-electron chi connectivity index (χ0n) is 9.89. The Hall–Kier alpha value is -0.740. The quantitative estimate of drug-likeness (QED) is 0.738. The molecule has 1 rings (SSSR count). The molecule has 1 atom stereocenters. The van der Waals surface area contributed by atoms with E-state index in [1.807, 2.05) is 13.8 Å². The van der Waals surface area contributed by atoms with Crippen LogP contribution in [-0.4, -0.2) is 12.6 Å². The number of hydrogen-bond acceptors (Lipinski definition) is 0. The molecule has 0 spiro atoms. The van der Waals surface area contributed by atoms with Crippen LogP contribution in [0.5, 0.6) is 0 Å². The molecule has 0 unspecified atom stereocenters. The van der Waals surface area contributed by atoms with Gasteiger partial charge in [0.15, 0.2) is 0 Å². The van der Waals surface area contributed by atoms with Gasteiger partial charge in [-0.05, 0) is 25.5 Å². The molecule has 0 saturated carbocycles. The lowest BCUT2D eigenvalue weighted by molar-refractivity contribution is -0.682. The van der Waals surface area contributed by atoms with Crippen LogP contribution in [0.4, 0.5) is 13.2 Å². The van der Waals surface area contributed by atoms with Gasteiger partial charge in [-0.2, -0.15) is 13.2 Å². The molecule has 0 aromatic heterocycles. The molecule has 0 aliphatic carbocycles. The summed E-state index contributed by atoms with van der Waals surface area (Å²) in [6, 6.07) is 5.87. The summed E-state index contributed by atoms with van der Waals surface area (Å²) in [6.07, 6.45) is -3.58. The normalized spacial score (nSPS) is 13.0. The topological polar surface area (TPSA) is 16.6 Å². The van der Waals surface area contributed by atoms with Crippen molar-refractivity contribution in [1.29, 1.82) is 0 Å². The van der Waals surface area contributed by atoms with Gasteiger partial charge < -0.3 is 17.7 Å². The minimum absolute atomic E-state index is 0. The Kier molecular flexibility index (Phi) is 6.57. The molecule has 0 saturated heterocycles. The van der Waals surface area contributed by atoms with Gasteiger partial charge in [-0.1, -0.05) is 18.2 Å². The second-order valence-electron chi connectivity index (χ2n) is 4.02. The number of rotatable bonds is 4. The van der Waals surface area contributed by atoms with Crippen molar-refractivity contribution in [3.8, 4) is 0 Å². The lowest BCUT2D eigenvalue weighted by atomic mass is 10.0. The highest BCUT2D eigenvalue weighted by Gasteiger charge is 2.30. The zero-order chi connectivity index (χ0) is 12.2. The second-order valence-corrected chi connectivity index (χ2v) is 4.02. The van der Waals surface area contributed by atoms with Gasteiger partial charge in [-0.15, -0.1) is 0 Å². The molecule has 0 amide bonds. The lowest BCUT2D eigenvalue weighted by Gasteiger charge is -2.11. The van der Waals surface area contributed by atoms with Gasteiger partial charge in [0, 0.05) is 6.42 Å². The van der Waals surface area contributed by atoms with Gasteiger partial charge in [0.25, 0.3) is 0 Å². The van der Waals surface area contributed by atoms with E-state index in [1.165, 1.54) is 12.1 Å². The second kappa shape index (κ2) is 6.87. The molecule has 0 radical (unpaired) electrons. The van der Waals surface area contributed by atoms with Crippen molar-refractivity contribution in [2.75, 3.05) is 6.54 Å². The van der Waals surface area contributed by atoms with E-state index in [-0.39, 0.29) is 12.4 Å². The van der Waals surface area contributed by atoms with E-state index < -0.39 is 11.7 Å². The van der Waals surface area contributed by atoms with Crippen molar-refractivity contribution < 1.29 is 30.9 Å². The van der Waals surface area contributed by atoms with Crippen molar-refractivity contribution in [2.24, 2.45) is 0 Å². The summed E-state index contributed by atoms with van der Waals surface area (Å²) >= 11 is 0. The van der Waals surface area contributed by atoms with E-state index in [0.29, 0.717) is 12.5 Å². The predicted molar refractivity (Wildman–Crippen MR) is 57.1 cm³/mol. The molecule has 1 aromatic carbocycles. The largest absolute Gasteiger partial charge is 1.00 e. The van der Waals surface area contributed by atoms with Crippen LogP contribution in [0.25, 0.3) is 0 Å². The first-order valence-corrected chi connectivity index (χ1v) is 5.43. The van der Waals surface area contributed by atoms with E-state index in [9.17, 15) is 13.2 Å². The molecule has 0 aliphatic rings. The van der Waals surface area contributed by atoms with Crippen molar-refractivity contribution in [3.05, 3.63) is 35.4 Å². The molecule has 0 bridgehead atoms.